The highest BCUT2D eigenvalue weighted by atomic mass is 16.5. The van der Waals surface area contributed by atoms with Gasteiger partial charge in [-0.3, -0.25) is 4.79 Å². The summed E-state index contributed by atoms with van der Waals surface area (Å²) in [5.74, 6) is 1.67. The van der Waals surface area contributed by atoms with Gasteiger partial charge >= 0.3 is 0 Å². The Labute approximate surface area is 142 Å². The first-order valence-electron chi connectivity index (χ1n) is 7.67. The van der Waals surface area contributed by atoms with Gasteiger partial charge in [0.2, 0.25) is 0 Å². The van der Waals surface area contributed by atoms with E-state index in [2.05, 4.69) is 5.32 Å². The summed E-state index contributed by atoms with van der Waals surface area (Å²) in [7, 11) is 3.13. The second-order valence-corrected chi connectivity index (χ2v) is 5.63. The lowest BCUT2D eigenvalue weighted by molar-refractivity contribution is -0.118. The lowest BCUT2D eigenvalue weighted by Gasteiger charge is -2.14. The minimum atomic E-state index is -0.231. The van der Waals surface area contributed by atoms with Gasteiger partial charge in [0.15, 0.2) is 18.1 Å². The molecule has 0 saturated heterocycles. The first-order chi connectivity index (χ1) is 11.4. The van der Waals surface area contributed by atoms with E-state index in [0.29, 0.717) is 22.9 Å². The van der Waals surface area contributed by atoms with Crippen LogP contribution in [0.4, 0.5) is 5.69 Å². The van der Waals surface area contributed by atoms with Crippen molar-refractivity contribution in [3.8, 4) is 17.2 Å². The highest BCUT2D eigenvalue weighted by molar-refractivity contribution is 5.93. The van der Waals surface area contributed by atoms with E-state index in [1.54, 1.807) is 20.3 Å². The number of nitrogens with one attached hydrogen (secondary N) is 1. The predicted octanol–water partition coefficient (Wildman–Crippen LogP) is 3.65. The molecule has 5 nitrogen and oxygen atoms in total. The van der Waals surface area contributed by atoms with Crippen LogP contribution in [0, 0.1) is 20.8 Å². The Bertz CT molecular complexity index is 740. The molecule has 0 spiro atoms. The Morgan fingerprint density at radius 1 is 0.917 bits per heavy atom. The van der Waals surface area contributed by atoms with E-state index in [1.807, 2.05) is 45.0 Å². The van der Waals surface area contributed by atoms with Crippen LogP contribution in [0.15, 0.2) is 30.3 Å². The summed E-state index contributed by atoms with van der Waals surface area (Å²) < 4.78 is 16.1. The van der Waals surface area contributed by atoms with Gasteiger partial charge in [0.1, 0.15) is 5.75 Å². The molecule has 0 saturated carbocycles. The zero-order valence-corrected chi connectivity index (χ0v) is 14.7. The topological polar surface area (TPSA) is 56.8 Å². The molecule has 0 atom stereocenters. The SMILES string of the molecule is COc1cc(C)c(NC(=O)COc2ccc(C)cc2C)cc1OC. The summed E-state index contributed by atoms with van der Waals surface area (Å²) in [5.41, 5.74) is 3.71. The molecule has 0 fully saturated rings. The fourth-order valence-corrected chi connectivity index (χ4v) is 2.41. The molecule has 2 aromatic carbocycles. The Kier molecular flexibility index (Phi) is 5.68. The lowest BCUT2D eigenvalue weighted by atomic mass is 10.1. The minimum Gasteiger partial charge on any atom is -0.493 e. The van der Waals surface area contributed by atoms with Crippen molar-refractivity contribution in [2.75, 3.05) is 26.1 Å². The van der Waals surface area contributed by atoms with Crippen LogP contribution < -0.4 is 19.5 Å². The third kappa shape index (κ3) is 4.19. The number of benzene rings is 2. The first-order valence-corrected chi connectivity index (χ1v) is 7.67. The standard InChI is InChI=1S/C19H23NO4/c1-12-6-7-16(14(3)8-12)24-11-19(21)20-15-10-18(23-5)17(22-4)9-13(15)2/h6-10H,11H2,1-5H3,(H,20,21). The second-order valence-electron chi connectivity index (χ2n) is 5.63. The molecule has 1 N–H and O–H groups in total. The maximum Gasteiger partial charge on any atom is 0.262 e. The van der Waals surface area contributed by atoms with Gasteiger partial charge in [-0.1, -0.05) is 17.7 Å². The van der Waals surface area contributed by atoms with Crippen molar-refractivity contribution in [3.05, 3.63) is 47.0 Å². The first kappa shape index (κ1) is 17.7. The fraction of sp³-hybridized carbons (Fsp3) is 0.316. The molecule has 2 aromatic rings. The average molecular weight is 329 g/mol. The van der Waals surface area contributed by atoms with Crippen LogP contribution in [0.2, 0.25) is 0 Å². The Balaban J connectivity index is 2.04. The van der Waals surface area contributed by atoms with E-state index in [4.69, 9.17) is 14.2 Å². The number of anilines is 1. The van der Waals surface area contributed by atoms with Crippen molar-refractivity contribution < 1.29 is 19.0 Å². The molecule has 0 unspecified atom stereocenters. The predicted molar refractivity (Wildman–Crippen MR) is 94.3 cm³/mol. The van der Waals surface area contributed by atoms with E-state index in [0.717, 1.165) is 16.7 Å². The number of hydrogen-bond donors (Lipinski definition) is 1. The van der Waals surface area contributed by atoms with Crippen LogP contribution in [-0.2, 0) is 4.79 Å². The van der Waals surface area contributed by atoms with Crippen LogP contribution in [0.5, 0.6) is 17.2 Å². The minimum absolute atomic E-state index is 0.0579. The summed E-state index contributed by atoms with van der Waals surface area (Å²) in [6.07, 6.45) is 0. The number of carbonyl (C=O) groups excluding carboxylic acids is 1. The van der Waals surface area contributed by atoms with Gasteiger partial charge in [-0.05, 0) is 44.0 Å². The van der Waals surface area contributed by atoms with Crippen molar-refractivity contribution in [1.82, 2.24) is 0 Å². The van der Waals surface area contributed by atoms with Gasteiger partial charge < -0.3 is 19.5 Å². The molecule has 1 amide bonds. The van der Waals surface area contributed by atoms with E-state index in [1.165, 1.54) is 0 Å². The maximum absolute atomic E-state index is 12.2. The summed E-state index contributed by atoms with van der Waals surface area (Å²) in [5, 5.41) is 2.84. The number of aryl methyl sites for hydroxylation is 3. The molecule has 2 rings (SSSR count). The van der Waals surface area contributed by atoms with Gasteiger partial charge in [0.05, 0.1) is 14.2 Å². The normalized spacial score (nSPS) is 10.2. The smallest absolute Gasteiger partial charge is 0.262 e. The van der Waals surface area contributed by atoms with Gasteiger partial charge in [-0.25, -0.2) is 0 Å². The van der Waals surface area contributed by atoms with Gasteiger partial charge in [-0.15, -0.1) is 0 Å². The van der Waals surface area contributed by atoms with E-state index < -0.39 is 0 Å². The number of methoxy groups -OCH3 is 2. The molecule has 0 aliphatic rings. The molecular weight excluding hydrogens is 306 g/mol. The van der Waals surface area contributed by atoms with Crippen LogP contribution in [0.3, 0.4) is 0 Å². The van der Waals surface area contributed by atoms with Crippen molar-refractivity contribution in [3.63, 3.8) is 0 Å². The molecule has 0 heterocycles. The van der Waals surface area contributed by atoms with Crippen LogP contribution in [-0.4, -0.2) is 26.7 Å². The molecular formula is C19H23NO4. The van der Waals surface area contributed by atoms with Crippen molar-refractivity contribution in [1.29, 1.82) is 0 Å². The molecule has 0 aromatic heterocycles. The number of amides is 1. The van der Waals surface area contributed by atoms with Gasteiger partial charge in [-0.2, -0.15) is 0 Å². The Morgan fingerprint density at radius 3 is 2.21 bits per heavy atom. The molecule has 128 valence electrons. The summed E-state index contributed by atoms with van der Waals surface area (Å²) in [6, 6.07) is 9.41. The number of rotatable bonds is 6. The van der Waals surface area contributed by atoms with Gasteiger partial charge in [0, 0.05) is 11.8 Å². The second kappa shape index (κ2) is 7.73. The third-order valence-electron chi connectivity index (χ3n) is 3.69. The highest BCUT2D eigenvalue weighted by Crippen LogP contribution is 2.32. The molecule has 0 aliphatic heterocycles. The number of hydrogen-bond acceptors (Lipinski definition) is 4. The van der Waals surface area contributed by atoms with Crippen LogP contribution in [0.1, 0.15) is 16.7 Å². The zero-order chi connectivity index (χ0) is 17.7. The van der Waals surface area contributed by atoms with Crippen molar-refractivity contribution in [2.45, 2.75) is 20.8 Å². The number of ether oxygens (including phenoxy) is 3. The molecule has 0 radical (unpaired) electrons. The summed E-state index contributed by atoms with van der Waals surface area (Å²) in [6.45, 7) is 5.81. The Hall–Kier alpha value is -2.69. The van der Waals surface area contributed by atoms with Gasteiger partial charge in [0.25, 0.3) is 5.91 Å². The van der Waals surface area contributed by atoms with E-state index in [-0.39, 0.29) is 12.5 Å². The van der Waals surface area contributed by atoms with E-state index in [9.17, 15) is 4.79 Å². The number of carbonyl (C=O) groups is 1. The van der Waals surface area contributed by atoms with Crippen LogP contribution in [0.25, 0.3) is 0 Å². The largest absolute Gasteiger partial charge is 0.493 e. The fourth-order valence-electron chi connectivity index (χ4n) is 2.41. The highest BCUT2D eigenvalue weighted by Gasteiger charge is 2.12. The quantitative estimate of drug-likeness (QED) is 0.879. The Morgan fingerprint density at radius 2 is 1.58 bits per heavy atom. The monoisotopic (exact) mass is 329 g/mol. The summed E-state index contributed by atoms with van der Waals surface area (Å²) >= 11 is 0. The molecule has 0 bridgehead atoms. The molecule has 5 heteroatoms. The summed E-state index contributed by atoms with van der Waals surface area (Å²) in [4.78, 5) is 12.2. The third-order valence-corrected chi connectivity index (χ3v) is 3.69. The van der Waals surface area contributed by atoms with Crippen LogP contribution >= 0.6 is 0 Å². The molecule has 24 heavy (non-hydrogen) atoms. The average Bonchev–Trinajstić information content (AvgIpc) is 2.55. The maximum atomic E-state index is 12.2. The van der Waals surface area contributed by atoms with Crippen molar-refractivity contribution in [2.24, 2.45) is 0 Å². The lowest BCUT2D eigenvalue weighted by Crippen LogP contribution is -2.21. The molecule has 0 aliphatic carbocycles. The zero-order valence-electron chi connectivity index (χ0n) is 14.7. The van der Waals surface area contributed by atoms with E-state index >= 15 is 0 Å². The van der Waals surface area contributed by atoms with Crippen molar-refractivity contribution >= 4 is 11.6 Å².